The Bertz CT molecular complexity index is 2670. The van der Waals surface area contributed by atoms with Crippen molar-refractivity contribution in [2.24, 2.45) is 5.92 Å². The summed E-state index contributed by atoms with van der Waals surface area (Å²) < 4.78 is 87.5. The molecule has 0 unspecified atom stereocenters. The molecular weight excluding hydrogens is 1510 g/mol. The molecule has 1 aliphatic rings. The fourth-order valence-corrected chi connectivity index (χ4v) is 9.26. The number of hydroxylamine groups is 4. The van der Waals surface area contributed by atoms with Crippen LogP contribution in [0.1, 0.15) is 45.6 Å². The van der Waals surface area contributed by atoms with Gasteiger partial charge in [0.15, 0.2) is 0 Å². The fourth-order valence-electron chi connectivity index (χ4n) is 9.26. The van der Waals surface area contributed by atoms with Crippen molar-refractivity contribution in [1.82, 2.24) is 47.3 Å². The standard InChI is InChI=1S/C70H124N10O33/c1-52(2)64(70(94)73-53(3)67(91)74-55-6-4-54(50-81)5-7-55)76-69(93)56(77-80-62(87)10-11-63(80)88)8-9-60(85)75-57(48-61(86)71-12-16-98-20-24-102-28-32-106-36-40-110-45-47-113-43-39-109-35-31-105-27-23-101-19-15-79(96)97)68(92)72-13-17-99-21-25-103-29-33-107-37-41-111-44-46-112-42-38-108-34-30-104-26-22-100-18-14-78(95)49-58(83)65(89)66(90)59(84)51-82/h4-7,10-11,52-53,56-59,64-66,77,81-84,89-90,95-97H,8-9,12-51H2,1-3H3,(H,71,86)(H,72,92)(H,73,94)(H,74,91)(H,75,85)(H,76,93)/t53-,56-,57-,58-,59+,64-,65+,66+/m0/s1. The van der Waals surface area contributed by atoms with Gasteiger partial charge < -0.3 is 144 Å². The number of nitrogens with one attached hydrogen (secondary N) is 7. The van der Waals surface area contributed by atoms with E-state index in [-0.39, 0.29) is 124 Å². The minimum absolute atomic E-state index is 0.0154. The number of carbonyl (C=O) groups is 8. The Hall–Kier alpha value is -6.20. The quantitative estimate of drug-likeness (QED) is 0.0164. The molecule has 1 heterocycles. The first kappa shape index (κ1) is 103. The molecule has 16 N–H and O–H groups in total. The number of hydrogen-bond acceptors (Lipinski definition) is 36. The SMILES string of the molecule is CC(C)[C@H](NC(=O)[C@H](CCC(=O)N[C@@H](CC(=O)NCCOCCOCCOCCOCCOCCOCCOCCOCCN(O)O)C(=O)NCCOCCOCCOCCOCCOCCOCCOCCOCCN(O)C[C@H](O)[C@@H](O)[C@H](O)[C@H](O)CO)NN1C(=O)C=CC1=O)C(=O)N[C@@H](C)C(=O)Nc1ccc(CO)cc1. The topological polar surface area (TPSA) is 560 Å². The minimum Gasteiger partial charge on any atom is -0.394 e. The molecule has 8 amide bonds. The molecular formula is C70H124N10O33. The Morgan fingerprint density at radius 3 is 1.19 bits per heavy atom. The second-order valence-corrected chi connectivity index (χ2v) is 24.9. The first-order chi connectivity index (χ1) is 54.6. The lowest BCUT2D eigenvalue weighted by molar-refractivity contribution is -0.310. The van der Waals surface area contributed by atoms with E-state index in [2.05, 4.69) is 37.3 Å². The summed E-state index contributed by atoms with van der Waals surface area (Å²) in [6, 6.07) is 1.02. The molecule has 1 aromatic rings. The second-order valence-electron chi connectivity index (χ2n) is 24.9. The Labute approximate surface area is 657 Å². The van der Waals surface area contributed by atoms with E-state index in [1.54, 1.807) is 38.1 Å². The average molecular weight is 1630 g/mol. The zero-order valence-electron chi connectivity index (χ0n) is 65.0. The molecule has 0 radical (unpaired) electrons. The van der Waals surface area contributed by atoms with Gasteiger partial charge in [-0.1, -0.05) is 31.2 Å². The first-order valence-electron chi connectivity index (χ1n) is 37.5. The number of hydrogen-bond donors (Lipinski definition) is 16. The summed E-state index contributed by atoms with van der Waals surface area (Å²) in [6.45, 7) is 12.1. The number of nitrogens with zero attached hydrogens (tertiary/aromatic N) is 3. The van der Waals surface area contributed by atoms with Crippen LogP contribution in [0.25, 0.3) is 0 Å². The van der Waals surface area contributed by atoms with Gasteiger partial charge in [-0.15, -0.1) is 0 Å². The Kier molecular flexibility index (Phi) is 61.8. The summed E-state index contributed by atoms with van der Waals surface area (Å²) in [5.41, 5.74) is 3.56. The van der Waals surface area contributed by atoms with Gasteiger partial charge in [0.2, 0.25) is 35.4 Å². The van der Waals surface area contributed by atoms with Crippen LogP contribution in [0.5, 0.6) is 0 Å². The molecule has 0 bridgehead atoms. The normalized spacial score (nSPS) is 14.5. The number of rotatable bonds is 77. The summed E-state index contributed by atoms with van der Waals surface area (Å²) in [5, 5.41) is 101. The minimum atomic E-state index is -1.79. The van der Waals surface area contributed by atoms with E-state index >= 15 is 0 Å². The van der Waals surface area contributed by atoms with Gasteiger partial charge in [-0.05, 0) is 37.0 Å². The summed E-state index contributed by atoms with van der Waals surface area (Å²) in [4.78, 5) is 107. The van der Waals surface area contributed by atoms with Crippen molar-refractivity contribution in [3.8, 4) is 0 Å². The van der Waals surface area contributed by atoms with Gasteiger partial charge in [-0.2, -0.15) is 5.06 Å². The van der Waals surface area contributed by atoms with Crippen LogP contribution >= 0.6 is 0 Å². The lowest BCUT2D eigenvalue weighted by Crippen LogP contribution is -2.59. The molecule has 0 aromatic heterocycles. The van der Waals surface area contributed by atoms with Crippen LogP contribution in [0, 0.1) is 5.92 Å². The summed E-state index contributed by atoms with van der Waals surface area (Å²) in [7, 11) is 0. The smallest absolute Gasteiger partial charge is 0.268 e. The molecule has 0 saturated heterocycles. The van der Waals surface area contributed by atoms with Crippen molar-refractivity contribution < 1.29 is 160 Å². The molecule has 0 fully saturated rings. The number of imide groups is 1. The van der Waals surface area contributed by atoms with Crippen molar-refractivity contribution in [2.75, 3.05) is 256 Å². The van der Waals surface area contributed by atoms with E-state index in [1.807, 2.05) is 0 Å². The highest BCUT2D eigenvalue weighted by Gasteiger charge is 2.35. The van der Waals surface area contributed by atoms with Gasteiger partial charge in [0, 0.05) is 43.9 Å². The van der Waals surface area contributed by atoms with Crippen LogP contribution in [-0.4, -0.2) is 408 Å². The average Bonchev–Trinajstić information content (AvgIpc) is 1.72. The third-order valence-electron chi connectivity index (χ3n) is 15.5. The highest BCUT2D eigenvalue weighted by Crippen LogP contribution is 2.13. The number of aliphatic hydroxyl groups is 6. The number of aliphatic hydroxyl groups excluding tert-OH is 6. The van der Waals surface area contributed by atoms with Gasteiger partial charge in [-0.3, -0.25) is 48.8 Å². The summed E-state index contributed by atoms with van der Waals surface area (Å²) in [5.74, 6) is -6.68. The van der Waals surface area contributed by atoms with Crippen molar-refractivity contribution >= 4 is 52.9 Å². The van der Waals surface area contributed by atoms with Gasteiger partial charge in [0.05, 0.1) is 250 Å². The fraction of sp³-hybridized carbons (Fsp3) is 0.771. The van der Waals surface area contributed by atoms with Crippen molar-refractivity contribution in [2.45, 2.75) is 95.2 Å². The number of hydrazine groups is 1. The maximum atomic E-state index is 14.1. The van der Waals surface area contributed by atoms with Crippen LogP contribution in [0.4, 0.5) is 5.69 Å². The van der Waals surface area contributed by atoms with Gasteiger partial charge in [-0.25, -0.2) is 10.4 Å². The zero-order valence-corrected chi connectivity index (χ0v) is 65.0. The van der Waals surface area contributed by atoms with Gasteiger partial charge in [0.1, 0.15) is 42.5 Å². The molecule has 1 aromatic carbocycles. The summed E-state index contributed by atoms with van der Waals surface area (Å²) >= 11 is 0. The van der Waals surface area contributed by atoms with Gasteiger partial charge >= 0.3 is 0 Å². The van der Waals surface area contributed by atoms with E-state index in [0.29, 0.717) is 147 Å². The number of benzene rings is 1. The Morgan fingerprint density at radius 1 is 0.425 bits per heavy atom. The Balaban J connectivity index is 1.76. The molecule has 0 aliphatic carbocycles. The zero-order chi connectivity index (χ0) is 82.9. The van der Waals surface area contributed by atoms with E-state index < -0.39 is 134 Å². The van der Waals surface area contributed by atoms with E-state index in [0.717, 1.165) is 12.2 Å². The Morgan fingerprint density at radius 2 is 0.805 bits per heavy atom. The molecule has 0 saturated carbocycles. The molecule has 43 heteroatoms. The van der Waals surface area contributed by atoms with Crippen LogP contribution in [0.2, 0.25) is 0 Å². The molecule has 113 heavy (non-hydrogen) atoms. The van der Waals surface area contributed by atoms with Crippen LogP contribution < -0.4 is 37.3 Å². The second kappa shape index (κ2) is 67.9. The number of ether oxygens (including phenoxy) is 16. The maximum Gasteiger partial charge on any atom is 0.268 e. The highest BCUT2D eigenvalue weighted by molar-refractivity contribution is 6.12. The molecule has 8 atom stereocenters. The van der Waals surface area contributed by atoms with Crippen molar-refractivity contribution in [3.63, 3.8) is 0 Å². The molecule has 43 nitrogen and oxygen atoms in total. The number of anilines is 1. The van der Waals surface area contributed by atoms with E-state index in [4.69, 9.17) is 91.3 Å². The highest BCUT2D eigenvalue weighted by atomic mass is 16.8. The molecule has 0 spiro atoms. The summed E-state index contributed by atoms with van der Waals surface area (Å²) in [6.07, 6.45) is -6.37. The van der Waals surface area contributed by atoms with Gasteiger partial charge in [0.25, 0.3) is 11.8 Å². The van der Waals surface area contributed by atoms with Crippen LogP contribution in [0.15, 0.2) is 36.4 Å². The van der Waals surface area contributed by atoms with Crippen LogP contribution in [0.3, 0.4) is 0 Å². The predicted octanol–water partition coefficient (Wildman–Crippen LogP) is -6.08. The monoisotopic (exact) mass is 1630 g/mol. The van der Waals surface area contributed by atoms with Crippen LogP contribution in [-0.2, 0) is 121 Å². The van der Waals surface area contributed by atoms with E-state index in [9.17, 15) is 69.1 Å². The van der Waals surface area contributed by atoms with Crippen molar-refractivity contribution in [3.05, 3.63) is 42.0 Å². The third kappa shape index (κ3) is 53.6. The third-order valence-corrected chi connectivity index (χ3v) is 15.5. The molecule has 652 valence electrons. The maximum absolute atomic E-state index is 14.1. The van der Waals surface area contributed by atoms with E-state index in [1.165, 1.54) is 6.92 Å². The lowest BCUT2D eigenvalue weighted by atomic mass is 10.0. The number of carbonyl (C=O) groups excluding carboxylic acids is 8. The van der Waals surface area contributed by atoms with Crippen molar-refractivity contribution in [1.29, 1.82) is 0 Å². The molecule has 2 rings (SSSR count). The largest absolute Gasteiger partial charge is 0.394 e. The lowest BCUT2D eigenvalue weighted by Gasteiger charge is -2.28. The number of amides is 8. The first-order valence-corrected chi connectivity index (χ1v) is 37.5. The predicted molar refractivity (Wildman–Crippen MR) is 393 cm³/mol. The molecule has 1 aliphatic heterocycles.